The summed E-state index contributed by atoms with van der Waals surface area (Å²) in [6, 6.07) is 0. The lowest BCUT2D eigenvalue weighted by Gasteiger charge is -2.21. The van der Waals surface area contributed by atoms with Crippen molar-refractivity contribution in [3.63, 3.8) is 0 Å². The van der Waals surface area contributed by atoms with Crippen molar-refractivity contribution in [1.82, 2.24) is 5.32 Å². The van der Waals surface area contributed by atoms with Gasteiger partial charge in [0.15, 0.2) is 0 Å². The number of aliphatic hydroxyl groups is 1. The second-order valence-corrected chi connectivity index (χ2v) is 3.76. The third-order valence-corrected chi connectivity index (χ3v) is 2.82. The van der Waals surface area contributed by atoms with Gasteiger partial charge in [0.2, 0.25) is 0 Å². The minimum atomic E-state index is 0.227. The minimum absolute atomic E-state index is 0.227. The van der Waals surface area contributed by atoms with Gasteiger partial charge in [-0.1, -0.05) is 0 Å². The molecular formula is C9H17NO2. The van der Waals surface area contributed by atoms with Crippen LogP contribution in [-0.2, 0) is 4.74 Å². The summed E-state index contributed by atoms with van der Waals surface area (Å²) in [4.78, 5) is 0. The molecule has 1 saturated heterocycles. The Morgan fingerprint density at radius 1 is 1.50 bits per heavy atom. The van der Waals surface area contributed by atoms with E-state index in [-0.39, 0.29) is 6.23 Å². The van der Waals surface area contributed by atoms with Gasteiger partial charge < -0.3 is 9.84 Å². The van der Waals surface area contributed by atoms with Gasteiger partial charge in [0.05, 0.1) is 6.61 Å². The van der Waals surface area contributed by atoms with Crippen LogP contribution < -0.4 is 5.32 Å². The third kappa shape index (κ3) is 1.79. The summed E-state index contributed by atoms with van der Waals surface area (Å²) >= 11 is 0. The Balaban J connectivity index is 1.85. The molecule has 0 radical (unpaired) electrons. The van der Waals surface area contributed by atoms with Gasteiger partial charge in [0, 0.05) is 19.1 Å². The Morgan fingerprint density at radius 2 is 2.33 bits per heavy atom. The molecule has 2 aliphatic rings. The van der Waals surface area contributed by atoms with Gasteiger partial charge in [-0.3, -0.25) is 5.32 Å². The second-order valence-electron chi connectivity index (χ2n) is 3.76. The lowest BCUT2D eigenvalue weighted by molar-refractivity contribution is 0.0322. The maximum atomic E-state index is 8.89. The summed E-state index contributed by atoms with van der Waals surface area (Å²) in [6.07, 6.45) is 3.77. The molecule has 12 heavy (non-hydrogen) atoms. The summed E-state index contributed by atoms with van der Waals surface area (Å²) in [5.41, 5.74) is 0. The largest absolute Gasteiger partial charge is 0.396 e. The van der Waals surface area contributed by atoms with Crippen molar-refractivity contribution < 1.29 is 9.84 Å². The molecule has 2 fully saturated rings. The van der Waals surface area contributed by atoms with Crippen LogP contribution in [-0.4, -0.2) is 31.1 Å². The van der Waals surface area contributed by atoms with Gasteiger partial charge in [0.25, 0.3) is 0 Å². The molecule has 0 aromatic rings. The average Bonchev–Trinajstić information content (AvgIpc) is 2.77. The SMILES string of the molecule is OCCC(C1CC1)C1NCCO1. The molecule has 3 heteroatoms. The van der Waals surface area contributed by atoms with E-state index in [4.69, 9.17) is 9.84 Å². The summed E-state index contributed by atoms with van der Waals surface area (Å²) in [7, 11) is 0. The van der Waals surface area contributed by atoms with E-state index in [1.807, 2.05) is 0 Å². The zero-order valence-electron chi connectivity index (χ0n) is 7.33. The van der Waals surface area contributed by atoms with Crippen LogP contribution in [0.1, 0.15) is 19.3 Å². The molecule has 2 unspecified atom stereocenters. The zero-order chi connectivity index (χ0) is 8.39. The van der Waals surface area contributed by atoms with Gasteiger partial charge in [-0.05, 0) is 25.2 Å². The first-order chi connectivity index (χ1) is 5.92. The Hall–Kier alpha value is -0.120. The van der Waals surface area contributed by atoms with E-state index in [2.05, 4.69) is 5.32 Å². The fourth-order valence-corrected chi connectivity index (χ4v) is 2.03. The maximum Gasteiger partial charge on any atom is 0.111 e. The molecule has 0 amide bonds. The molecule has 0 bridgehead atoms. The number of ether oxygens (including phenoxy) is 1. The molecule has 3 nitrogen and oxygen atoms in total. The van der Waals surface area contributed by atoms with Crippen molar-refractivity contribution in [3.05, 3.63) is 0 Å². The zero-order valence-corrected chi connectivity index (χ0v) is 7.33. The van der Waals surface area contributed by atoms with Crippen molar-refractivity contribution in [3.8, 4) is 0 Å². The van der Waals surface area contributed by atoms with Crippen molar-refractivity contribution in [2.24, 2.45) is 11.8 Å². The lowest BCUT2D eigenvalue weighted by atomic mass is 9.98. The van der Waals surface area contributed by atoms with Gasteiger partial charge >= 0.3 is 0 Å². The molecule has 1 aliphatic carbocycles. The highest BCUT2D eigenvalue weighted by Gasteiger charge is 2.37. The van der Waals surface area contributed by atoms with Crippen molar-refractivity contribution in [1.29, 1.82) is 0 Å². The number of rotatable bonds is 4. The average molecular weight is 171 g/mol. The lowest BCUT2D eigenvalue weighted by Crippen LogP contribution is -2.33. The smallest absolute Gasteiger partial charge is 0.111 e. The maximum absolute atomic E-state index is 8.89. The highest BCUT2D eigenvalue weighted by molar-refractivity contribution is 4.86. The van der Waals surface area contributed by atoms with E-state index in [9.17, 15) is 0 Å². The molecule has 1 aliphatic heterocycles. The predicted molar refractivity (Wildman–Crippen MR) is 45.7 cm³/mol. The predicted octanol–water partition coefficient (Wildman–Crippen LogP) is 0.341. The van der Waals surface area contributed by atoms with Crippen LogP contribution in [0.15, 0.2) is 0 Å². The molecule has 1 heterocycles. The Kier molecular flexibility index (Phi) is 2.63. The van der Waals surface area contributed by atoms with Crippen LogP contribution in [0, 0.1) is 11.8 Å². The number of hydrogen-bond donors (Lipinski definition) is 2. The van der Waals surface area contributed by atoms with Crippen LogP contribution >= 0.6 is 0 Å². The summed E-state index contributed by atoms with van der Waals surface area (Å²) in [5, 5.41) is 12.2. The second kappa shape index (κ2) is 3.73. The van der Waals surface area contributed by atoms with Crippen LogP contribution in [0.25, 0.3) is 0 Å². The van der Waals surface area contributed by atoms with Crippen LogP contribution in [0.3, 0.4) is 0 Å². The third-order valence-electron chi connectivity index (χ3n) is 2.82. The summed E-state index contributed by atoms with van der Waals surface area (Å²) in [6.45, 7) is 2.10. The first kappa shape index (κ1) is 8.48. The van der Waals surface area contributed by atoms with Gasteiger partial charge in [0.1, 0.15) is 6.23 Å². The first-order valence-corrected chi connectivity index (χ1v) is 4.87. The van der Waals surface area contributed by atoms with E-state index in [1.54, 1.807) is 0 Å². The van der Waals surface area contributed by atoms with E-state index >= 15 is 0 Å². The molecule has 1 saturated carbocycles. The topological polar surface area (TPSA) is 41.5 Å². The fourth-order valence-electron chi connectivity index (χ4n) is 2.03. The summed E-state index contributed by atoms with van der Waals surface area (Å²) in [5.74, 6) is 1.37. The fraction of sp³-hybridized carbons (Fsp3) is 1.00. The normalized spacial score (nSPS) is 32.2. The molecule has 2 atom stereocenters. The molecule has 0 aromatic heterocycles. The number of aliphatic hydroxyl groups excluding tert-OH is 1. The molecular weight excluding hydrogens is 154 g/mol. The van der Waals surface area contributed by atoms with E-state index < -0.39 is 0 Å². The molecule has 70 valence electrons. The van der Waals surface area contributed by atoms with E-state index in [0.29, 0.717) is 12.5 Å². The Bertz CT molecular complexity index is 141. The Labute approximate surface area is 73.1 Å². The van der Waals surface area contributed by atoms with Gasteiger partial charge in [-0.15, -0.1) is 0 Å². The van der Waals surface area contributed by atoms with Gasteiger partial charge in [-0.2, -0.15) is 0 Å². The van der Waals surface area contributed by atoms with Crippen LogP contribution in [0.4, 0.5) is 0 Å². The van der Waals surface area contributed by atoms with Crippen LogP contribution in [0.5, 0.6) is 0 Å². The first-order valence-electron chi connectivity index (χ1n) is 4.87. The standard InChI is InChI=1S/C9H17NO2/c11-5-3-8(7-1-2-7)9-10-4-6-12-9/h7-11H,1-6H2. The highest BCUT2D eigenvalue weighted by Crippen LogP contribution is 2.40. The monoisotopic (exact) mass is 171 g/mol. The molecule has 2 rings (SSSR count). The highest BCUT2D eigenvalue weighted by atomic mass is 16.5. The quantitative estimate of drug-likeness (QED) is 0.641. The number of hydrogen-bond acceptors (Lipinski definition) is 3. The minimum Gasteiger partial charge on any atom is -0.396 e. The van der Waals surface area contributed by atoms with Crippen molar-refractivity contribution >= 4 is 0 Å². The van der Waals surface area contributed by atoms with Crippen LogP contribution in [0.2, 0.25) is 0 Å². The van der Waals surface area contributed by atoms with Crippen molar-refractivity contribution in [2.45, 2.75) is 25.5 Å². The molecule has 0 spiro atoms. The summed E-state index contributed by atoms with van der Waals surface area (Å²) < 4.78 is 5.55. The number of nitrogens with one attached hydrogen (secondary N) is 1. The van der Waals surface area contributed by atoms with Crippen molar-refractivity contribution in [2.75, 3.05) is 19.8 Å². The molecule has 0 aromatic carbocycles. The molecule has 2 N–H and O–H groups in total. The Morgan fingerprint density at radius 3 is 2.83 bits per heavy atom. The van der Waals surface area contributed by atoms with E-state index in [1.165, 1.54) is 12.8 Å². The van der Waals surface area contributed by atoms with E-state index in [0.717, 1.165) is 25.5 Å². The van der Waals surface area contributed by atoms with Gasteiger partial charge in [-0.25, -0.2) is 0 Å².